The molecule has 0 fully saturated rings. The normalized spacial score (nSPS) is 11.1. The zero-order chi connectivity index (χ0) is 13.0. The van der Waals surface area contributed by atoms with Gasteiger partial charge >= 0.3 is 0 Å². The molecule has 1 aromatic carbocycles. The summed E-state index contributed by atoms with van der Waals surface area (Å²) >= 11 is 5.96. The number of nitrogens with zero attached hydrogens (tertiary/aromatic N) is 4. The van der Waals surface area contributed by atoms with Crippen molar-refractivity contribution >= 4 is 11.6 Å². The quantitative estimate of drug-likeness (QED) is 0.899. The lowest BCUT2D eigenvalue weighted by atomic mass is 10.2. The third-order valence-electron chi connectivity index (χ3n) is 2.42. The molecule has 0 bridgehead atoms. The van der Waals surface area contributed by atoms with Crippen LogP contribution >= 0.6 is 11.6 Å². The molecule has 2 aromatic rings. The number of benzene rings is 1. The third-order valence-corrected chi connectivity index (χ3v) is 2.66. The molecule has 0 aliphatic carbocycles. The Hall–Kier alpha value is -1.46. The van der Waals surface area contributed by atoms with Crippen LogP contribution in [0.2, 0.25) is 5.02 Å². The Morgan fingerprint density at radius 2 is 2.22 bits per heavy atom. The fraction of sp³-hybridized carbons (Fsp3) is 0.417. The number of halogens is 1. The van der Waals surface area contributed by atoms with Gasteiger partial charge in [-0.2, -0.15) is 4.68 Å². The Labute approximate surface area is 111 Å². The van der Waals surface area contributed by atoms with Crippen molar-refractivity contribution in [1.82, 2.24) is 25.5 Å². The highest BCUT2D eigenvalue weighted by atomic mass is 35.5. The molecule has 5 nitrogen and oxygen atoms in total. The molecular formula is C12H16ClN5. The van der Waals surface area contributed by atoms with Gasteiger partial charge in [-0.1, -0.05) is 31.5 Å². The Kier molecular flexibility index (Phi) is 4.28. The molecule has 1 aromatic heterocycles. The van der Waals surface area contributed by atoms with E-state index in [1.807, 2.05) is 24.3 Å². The summed E-state index contributed by atoms with van der Waals surface area (Å²) in [6.45, 7) is 5.89. The zero-order valence-corrected chi connectivity index (χ0v) is 11.2. The summed E-state index contributed by atoms with van der Waals surface area (Å²) in [6, 6.07) is 7.47. The molecule has 0 saturated heterocycles. The second-order valence-electron chi connectivity index (χ2n) is 4.51. The van der Waals surface area contributed by atoms with Crippen LogP contribution in [-0.2, 0) is 6.54 Å². The minimum Gasteiger partial charge on any atom is -0.310 e. The predicted octanol–water partition coefficient (Wildman–Crippen LogP) is 2.06. The van der Waals surface area contributed by atoms with E-state index < -0.39 is 0 Å². The Bertz CT molecular complexity index is 509. The summed E-state index contributed by atoms with van der Waals surface area (Å²) in [5, 5.41) is 15.7. The SMILES string of the molecule is CC(C)CNCc1nnnn1-c1cccc(Cl)c1. The third kappa shape index (κ3) is 3.27. The maximum Gasteiger partial charge on any atom is 0.170 e. The van der Waals surface area contributed by atoms with E-state index >= 15 is 0 Å². The van der Waals surface area contributed by atoms with Crippen LogP contribution in [0.3, 0.4) is 0 Å². The molecule has 0 spiro atoms. The Morgan fingerprint density at radius 3 is 2.94 bits per heavy atom. The van der Waals surface area contributed by atoms with Crippen molar-refractivity contribution in [2.45, 2.75) is 20.4 Å². The summed E-state index contributed by atoms with van der Waals surface area (Å²) in [6.07, 6.45) is 0. The Morgan fingerprint density at radius 1 is 1.39 bits per heavy atom. The maximum absolute atomic E-state index is 5.96. The van der Waals surface area contributed by atoms with Crippen LogP contribution in [-0.4, -0.2) is 26.8 Å². The van der Waals surface area contributed by atoms with Gasteiger partial charge in [-0.05, 0) is 41.1 Å². The topological polar surface area (TPSA) is 55.6 Å². The van der Waals surface area contributed by atoms with E-state index in [0.717, 1.165) is 18.1 Å². The van der Waals surface area contributed by atoms with Crippen molar-refractivity contribution in [1.29, 1.82) is 0 Å². The largest absolute Gasteiger partial charge is 0.310 e. The molecule has 6 heteroatoms. The first-order valence-corrected chi connectivity index (χ1v) is 6.28. The molecule has 0 unspecified atom stereocenters. The number of rotatable bonds is 5. The average Bonchev–Trinajstić information content (AvgIpc) is 2.77. The van der Waals surface area contributed by atoms with Gasteiger partial charge in [0.2, 0.25) is 0 Å². The highest BCUT2D eigenvalue weighted by Gasteiger charge is 2.08. The highest BCUT2D eigenvalue weighted by molar-refractivity contribution is 6.30. The van der Waals surface area contributed by atoms with Crippen molar-refractivity contribution in [3.63, 3.8) is 0 Å². The van der Waals surface area contributed by atoms with Crippen LogP contribution in [0.25, 0.3) is 5.69 Å². The molecule has 18 heavy (non-hydrogen) atoms. The summed E-state index contributed by atoms with van der Waals surface area (Å²) < 4.78 is 1.69. The Balaban J connectivity index is 2.12. The van der Waals surface area contributed by atoms with Crippen molar-refractivity contribution in [3.8, 4) is 5.69 Å². The molecule has 1 N–H and O–H groups in total. The van der Waals surface area contributed by atoms with E-state index in [1.54, 1.807) is 4.68 Å². The van der Waals surface area contributed by atoms with Crippen LogP contribution in [0.1, 0.15) is 19.7 Å². The molecule has 0 aliphatic heterocycles. The van der Waals surface area contributed by atoms with E-state index in [0.29, 0.717) is 17.5 Å². The molecule has 0 atom stereocenters. The molecule has 96 valence electrons. The molecule has 0 saturated carbocycles. The van der Waals surface area contributed by atoms with Gasteiger partial charge in [0.15, 0.2) is 5.82 Å². The lowest BCUT2D eigenvalue weighted by molar-refractivity contribution is 0.538. The summed E-state index contributed by atoms with van der Waals surface area (Å²) in [5.74, 6) is 1.37. The first-order valence-electron chi connectivity index (χ1n) is 5.90. The van der Waals surface area contributed by atoms with Crippen molar-refractivity contribution in [2.75, 3.05) is 6.54 Å². The number of aromatic nitrogens is 4. The first-order chi connectivity index (χ1) is 8.66. The maximum atomic E-state index is 5.96. The van der Waals surface area contributed by atoms with Gasteiger partial charge in [-0.15, -0.1) is 5.10 Å². The minimum absolute atomic E-state index is 0.598. The minimum atomic E-state index is 0.598. The van der Waals surface area contributed by atoms with Crippen LogP contribution in [0.15, 0.2) is 24.3 Å². The van der Waals surface area contributed by atoms with Gasteiger partial charge in [0.1, 0.15) is 0 Å². The van der Waals surface area contributed by atoms with Crippen LogP contribution in [0.5, 0.6) is 0 Å². The summed E-state index contributed by atoms with van der Waals surface area (Å²) in [5.41, 5.74) is 0.869. The van der Waals surface area contributed by atoms with E-state index in [-0.39, 0.29) is 0 Å². The van der Waals surface area contributed by atoms with Crippen LogP contribution in [0.4, 0.5) is 0 Å². The van der Waals surface area contributed by atoms with E-state index in [9.17, 15) is 0 Å². The standard InChI is InChI=1S/C12H16ClN5/c1-9(2)7-14-8-12-15-16-17-18(12)11-5-3-4-10(13)6-11/h3-6,9,14H,7-8H2,1-2H3. The van der Waals surface area contributed by atoms with Crippen molar-refractivity contribution < 1.29 is 0 Å². The van der Waals surface area contributed by atoms with E-state index in [2.05, 4.69) is 34.7 Å². The smallest absolute Gasteiger partial charge is 0.170 e. The number of tetrazole rings is 1. The molecule has 1 heterocycles. The predicted molar refractivity (Wildman–Crippen MR) is 70.7 cm³/mol. The van der Waals surface area contributed by atoms with Gasteiger partial charge in [0, 0.05) is 5.02 Å². The van der Waals surface area contributed by atoms with E-state index in [4.69, 9.17) is 11.6 Å². The van der Waals surface area contributed by atoms with Gasteiger partial charge in [0.25, 0.3) is 0 Å². The molecule has 0 radical (unpaired) electrons. The zero-order valence-electron chi connectivity index (χ0n) is 10.5. The monoisotopic (exact) mass is 265 g/mol. The van der Waals surface area contributed by atoms with E-state index in [1.165, 1.54) is 0 Å². The summed E-state index contributed by atoms with van der Waals surface area (Å²) in [7, 11) is 0. The molecule has 0 aliphatic rings. The molecule has 2 rings (SSSR count). The number of hydrogen-bond donors (Lipinski definition) is 1. The van der Waals surface area contributed by atoms with Crippen molar-refractivity contribution in [3.05, 3.63) is 35.1 Å². The average molecular weight is 266 g/mol. The second kappa shape index (κ2) is 5.93. The van der Waals surface area contributed by atoms with Crippen LogP contribution < -0.4 is 5.32 Å². The van der Waals surface area contributed by atoms with Gasteiger partial charge < -0.3 is 5.32 Å². The summed E-state index contributed by atoms with van der Waals surface area (Å²) in [4.78, 5) is 0. The number of nitrogens with one attached hydrogen (secondary N) is 1. The number of hydrogen-bond acceptors (Lipinski definition) is 4. The van der Waals surface area contributed by atoms with Gasteiger partial charge in [0.05, 0.1) is 12.2 Å². The lowest BCUT2D eigenvalue weighted by Gasteiger charge is -2.08. The van der Waals surface area contributed by atoms with Gasteiger partial charge in [-0.25, -0.2) is 0 Å². The van der Waals surface area contributed by atoms with Crippen molar-refractivity contribution in [2.24, 2.45) is 5.92 Å². The fourth-order valence-corrected chi connectivity index (χ4v) is 1.78. The fourth-order valence-electron chi connectivity index (χ4n) is 1.60. The van der Waals surface area contributed by atoms with Gasteiger partial charge in [-0.3, -0.25) is 0 Å². The molecular weight excluding hydrogens is 250 g/mol. The molecule has 0 amide bonds. The van der Waals surface area contributed by atoms with Crippen LogP contribution in [0, 0.1) is 5.92 Å². The first kappa shape index (κ1) is 13.0. The second-order valence-corrected chi connectivity index (χ2v) is 4.95. The highest BCUT2D eigenvalue weighted by Crippen LogP contribution is 2.14. The lowest BCUT2D eigenvalue weighted by Crippen LogP contribution is -2.21.